The van der Waals surface area contributed by atoms with Crippen LogP contribution in [0.25, 0.3) is 5.69 Å². The predicted molar refractivity (Wildman–Crippen MR) is 119 cm³/mol. The molecule has 1 aromatic heterocycles. The van der Waals surface area contributed by atoms with E-state index in [1.54, 1.807) is 12.1 Å². The SMILES string of the molecule is C[C@@H](CC1CCCC1)NCc1ccccc1NS(=O)(=O)c1ccc(-n2cnnn2)c(F)c1. The topological polar surface area (TPSA) is 102 Å². The highest BCUT2D eigenvalue weighted by atomic mass is 32.2. The number of anilines is 1. The molecule has 2 N–H and O–H groups in total. The van der Waals surface area contributed by atoms with Gasteiger partial charge in [-0.3, -0.25) is 4.72 Å². The van der Waals surface area contributed by atoms with Gasteiger partial charge in [0.2, 0.25) is 0 Å². The maximum Gasteiger partial charge on any atom is 0.262 e. The van der Waals surface area contributed by atoms with Crippen LogP contribution in [0.15, 0.2) is 53.7 Å². The maximum absolute atomic E-state index is 14.5. The lowest BCUT2D eigenvalue weighted by Gasteiger charge is -2.19. The van der Waals surface area contributed by atoms with Crippen LogP contribution in [-0.4, -0.2) is 34.7 Å². The number of hydrogen-bond acceptors (Lipinski definition) is 6. The third-order valence-corrected chi connectivity index (χ3v) is 7.25. The molecular formula is C22H27FN6O2S. The Morgan fingerprint density at radius 1 is 1.19 bits per heavy atom. The first-order chi connectivity index (χ1) is 15.4. The molecule has 1 aliphatic rings. The summed E-state index contributed by atoms with van der Waals surface area (Å²) >= 11 is 0. The fourth-order valence-corrected chi connectivity index (χ4v) is 5.32. The van der Waals surface area contributed by atoms with E-state index in [1.165, 1.54) is 44.1 Å². The van der Waals surface area contributed by atoms with Gasteiger partial charge in [0.05, 0.1) is 10.6 Å². The molecule has 0 bridgehead atoms. The van der Waals surface area contributed by atoms with Crippen LogP contribution in [0.5, 0.6) is 0 Å². The summed E-state index contributed by atoms with van der Waals surface area (Å²) in [7, 11) is -3.98. The highest BCUT2D eigenvalue weighted by Crippen LogP contribution is 2.29. The van der Waals surface area contributed by atoms with Crippen LogP contribution in [0.3, 0.4) is 0 Å². The number of rotatable bonds is 9. The Hall–Kier alpha value is -2.85. The minimum absolute atomic E-state index is 0.0646. The Kier molecular flexibility index (Phi) is 6.80. The Morgan fingerprint density at radius 2 is 1.97 bits per heavy atom. The molecular weight excluding hydrogens is 431 g/mol. The number of hydrogen-bond donors (Lipinski definition) is 2. The third-order valence-electron chi connectivity index (χ3n) is 5.89. The zero-order chi connectivity index (χ0) is 22.6. The second kappa shape index (κ2) is 9.74. The molecule has 0 unspecified atom stereocenters. The van der Waals surface area contributed by atoms with Gasteiger partial charge >= 0.3 is 0 Å². The van der Waals surface area contributed by atoms with Crippen LogP contribution in [0.1, 0.15) is 44.6 Å². The number of nitrogens with one attached hydrogen (secondary N) is 2. The summed E-state index contributed by atoms with van der Waals surface area (Å²) in [5, 5.41) is 14.1. The second-order valence-electron chi connectivity index (χ2n) is 8.30. The van der Waals surface area contributed by atoms with E-state index in [0.717, 1.165) is 28.7 Å². The van der Waals surface area contributed by atoms with Crippen molar-refractivity contribution in [1.82, 2.24) is 25.5 Å². The van der Waals surface area contributed by atoms with E-state index >= 15 is 0 Å². The average molecular weight is 459 g/mol. The lowest BCUT2D eigenvalue weighted by atomic mass is 9.99. The number of halogens is 1. The van der Waals surface area contributed by atoms with Crippen molar-refractivity contribution in [2.45, 2.75) is 56.5 Å². The number of aromatic nitrogens is 4. The molecule has 0 spiro atoms. The average Bonchev–Trinajstić information content (AvgIpc) is 3.47. The van der Waals surface area contributed by atoms with Gasteiger partial charge in [-0.15, -0.1) is 5.10 Å². The van der Waals surface area contributed by atoms with Crippen LogP contribution < -0.4 is 10.0 Å². The van der Waals surface area contributed by atoms with Crippen molar-refractivity contribution in [3.05, 3.63) is 60.2 Å². The first-order valence-electron chi connectivity index (χ1n) is 10.8. The number of tetrazole rings is 1. The lowest BCUT2D eigenvalue weighted by Crippen LogP contribution is -2.28. The van der Waals surface area contributed by atoms with E-state index in [4.69, 9.17) is 0 Å². The summed E-state index contributed by atoms with van der Waals surface area (Å²) in [5.41, 5.74) is 1.37. The molecule has 1 atom stereocenters. The van der Waals surface area contributed by atoms with Crippen molar-refractivity contribution in [2.75, 3.05) is 4.72 Å². The number of sulfonamides is 1. The summed E-state index contributed by atoms with van der Waals surface area (Å²) in [4.78, 5) is -0.177. The monoisotopic (exact) mass is 458 g/mol. The van der Waals surface area contributed by atoms with Crippen molar-refractivity contribution in [3.63, 3.8) is 0 Å². The quantitative estimate of drug-likeness (QED) is 0.507. The van der Waals surface area contributed by atoms with Gasteiger partial charge in [0.15, 0.2) is 0 Å². The van der Waals surface area contributed by atoms with Gasteiger partial charge in [0.1, 0.15) is 17.8 Å². The summed E-state index contributed by atoms with van der Waals surface area (Å²) in [6, 6.07) is 11.2. The number of para-hydroxylation sites is 1. The first-order valence-corrected chi connectivity index (χ1v) is 12.3. The molecule has 4 rings (SSSR count). The molecule has 2 aromatic carbocycles. The Morgan fingerprint density at radius 3 is 2.69 bits per heavy atom. The van der Waals surface area contributed by atoms with Crippen LogP contribution >= 0.6 is 0 Å². The van der Waals surface area contributed by atoms with Crippen molar-refractivity contribution in [1.29, 1.82) is 0 Å². The lowest BCUT2D eigenvalue weighted by molar-refractivity contribution is 0.404. The van der Waals surface area contributed by atoms with E-state index in [9.17, 15) is 12.8 Å². The molecule has 1 aliphatic carbocycles. The predicted octanol–water partition coefficient (Wildman–Crippen LogP) is 3.66. The summed E-state index contributed by atoms with van der Waals surface area (Å²) < 4.78 is 44.1. The van der Waals surface area contributed by atoms with Gasteiger partial charge in [-0.1, -0.05) is 43.9 Å². The van der Waals surface area contributed by atoms with Crippen LogP contribution in [0.2, 0.25) is 0 Å². The molecule has 1 heterocycles. The molecule has 3 aromatic rings. The van der Waals surface area contributed by atoms with Gasteiger partial charge in [-0.2, -0.15) is 4.68 Å². The second-order valence-corrected chi connectivity index (χ2v) is 9.98. The molecule has 170 valence electrons. The van der Waals surface area contributed by atoms with Gasteiger partial charge < -0.3 is 5.32 Å². The van der Waals surface area contributed by atoms with Gasteiger partial charge in [0, 0.05) is 12.6 Å². The minimum atomic E-state index is -3.98. The third kappa shape index (κ3) is 5.31. The summed E-state index contributed by atoms with van der Waals surface area (Å²) in [6.45, 7) is 2.71. The summed E-state index contributed by atoms with van der Waals surface area (Å²) in [6.07, 6.45) is 7.59. The highest BCUT2D eigenvalue weighted by molar-refractivity contribution is 7.92. The fraction of sp³-hybridized carbons (Fsp3) is 0.409. The molecule has 1 saturated carbocycles. The van der Waals surface area contributed by atoms with Crippen molar-refractivity contribution < 1.29 is 12.8 Å². The Bertz CT molecular complexity index is 1150. The maximum atomic E-state index is 14.5. The molecule has 0 amide bonds. The highest BCUT2D eigenvalue weighted by Gasteiger charge is 2.20. The number of nitrogens with zero attached hydrogens (tertiary/aromatic N) is 4. The van der Waals surface area contributed by atoms with Gasteiger partial charge in [-0.05, 0) is 59.5 Å². The van der Waals surface area contributed by atoms with Gasteiger partial charge in [0.25, 0.3) is 10.0 Å². The molecule has 0 radical (unpaired) electrons. The van der Waals surface area contributed by atoms with Crippen molar-refractivity contribution >= 4 is 15.7 Å². The van der Waals surface area contributed by atoms with Crippen LogP contribution in [-0.2, 0) is 16.6 Å². The molecule has 32 heavy (non-hydrogen) atoms. The van der Waals surface area contributed by atoms with Crippen molar-refractivity contribution in [3.8, 4) is 5.69 Å². The fourth-order valence-electron chi connectivity index (χ4n) is 4.20. The van der Waals surface area contributed by atoms with E-state index in [0.29, 0.717) is 18.3 Å². The Labute approximate surface area is 187 Å². The van der Waals surface area contributed by atoms with Crippen LogP contribution in [0, 0.1) is 11.7 Å². The van der Waals surface area contributed by atoms with Crippen LogP contribution in [0.4, 0.5) is 10.1 Å². The van der Waals surface area contributed by atoms with Gasteiger partial charge in [-0.25, -0.2) is 12.8 Å². The zero-order valence-corrected chi connectivity index (χ0v) is 18.7. The van der Waals surface area contributed by atoms with E-state index in [2.05, 4.69) is 32.5 Å². The summed E-state index contributed by atoms with van der Waals surface area (Å²) in [5.74, 6) is 0.0354. The van der Waals surface area contributed by atoms with E-state index in [-0.39, 0.29) is 10.6 Å². The number of benzene rings is 2. The normalized spacial score (nSPS) is 15.7. The molecule has 8 nitrogen and oxygen atoms in total. The van der Waals surface area contributed by atoms with E-state index in [1.807, 2.05) is 12.1 Å². The molecule has 0 aliphatic heterocycles. The standard InChI is InChI=1S/C22H27FN6O2S/c1-16(12-17-6-2-3-7-17)24-14-18-8-4-5-9-21(18)26-32(30,31)19-10-11-22(20(23)13-19)29-15-25-27-28-29/h4-5,8-11,13,15-17,24,26H,2-3,6-7,12,14H2,1H3/t16-/m0/s1. The first kappa shape index (κ1) is 22.3. The zero-order valence-electron chi connectivity index (χ0n) is 17.9. The Balaban J connectivity index is 1.45. The molecule has 1 fully saturated rings. The van der Waals surface area contributed by atoms with E-state index < -0.39 is 15.8 Å². The molecule has 10 heteroatoms. The largest absolute Gasteiger partial charge is 0.310 e. The minimum Gasteiger partial charge on any atom is -0.310 e. The molecule has 0 saturated heterocycles. The van der Waals surface area contributed by atoms with Crippen molar-refractivity contribution in [2.24, 2.45) is 5.92 Å². The smallest absolute Gasteiger partial charge is 0.262 e.